The molecular weight excluding hydrogens is 409 g/mol. The predicted molar refractivity (Wildman–Crippen MR) is 91.2 cm³/mol. The van der Waals surface area contributed by atoms with Crippen molar-refractivity contribution in [2.24, 2.45) is 5.92 Å². The average Bonchev–Trinajstić information content (AvgIpc) is 2.96. The fourth-order valence-corrected chi connectivity index (χ4v) is 4.56. The molecule has 0 aliphatic heterocycles. The largest absolute Gasteiger partial charge is 0.501 e. The zero-order chi connectivity index (χ0) is 20.8. The van der Waals surface area contributed by atoms with Crippen molar-refractivity contribution in [2.45, 2.75) is 48.9 Å². The number of benzene rings is 1. The number of halogens is 3. The number of imidazole rings is 1. The molecule has 0 radical (unpaired) electrons. The topological polar surface area (TPSA) is 108 Å². The summed E-state index contributed by atoms with van der Waals surface area (Å²) in [5.74, 6) is -0.521. The van der Waals surface area contributed by atoms with Gasteiger partial charge in [0.05, 0.1) is 10.1 Å². The Hall–Kier alpha value is -1.66. The van der Waals surface area contributed by atoms with Crippen molar-refractivity contribution in [3.63, 3.8) is 0 Å². The van der Waals surface area contributed by atoms with Crippen LogP contribution in [0.5, 0.6) is 0 Å². The second kappa shape index (κ2) is 7.06. The lowest BCUT2D eigenvalue weighted by Gasteiger charge is -2.24. The number of sulfone groups is 1. The van der Waals surface area contributed by atoms with Crippen molar-refractivity contribution in [1.29, 1.82) is 0 Å². The highest BCUT2D eigenvalue weighted by Gasteiger charge is 2.47. The smallest absolute Gasteiger partial charge is 0.285 e. The SMILES string of the molecule is CCC(C(C)C(C)S(=O)(=O)O)[n+]1c[nH]c2cc(S(=O)(=O)C(F)(F)F)ccc21. The quantitative estimate of drug-likeness (QED) is 0.542. The summed E-state index contributed by atoms with van der Waals surface area (Å²) in [7, 11) is -9.75. The van der Waals surface area contributed by atoms with E-state index in [2.05, 4.69) is 4.98 Å². The number of rotatable bonds is 6. The molecule has 1 heterocycles. The number of aromatic amines is 1. The van der Waals surface area contributed by atoms with Gasteiger partial charge in [-0.25, -0.2) is 18.0 Å². The van der Waals surface area contributed by atoms with Crippen LogP contribution in [0.4, 0.5) is 13.2 Å². The first-order chi connectivity index (χ1) is 12.2. The Bertz CT molecular complexity index is 1050. The molecule has 0 amide bonds. The zero-order valence-corrected chi connectivity index (χ0v) is 16.4. The van der Waals surface area contributed by atoms with Gasteiger partial charge in [-0.2, -0.15) is 21.6 Å². The molecule has 1 aromatic heterocycles. The highest BCUT2D eigenvalue weighted by molar-refractivity contribution is 7.92. The molecule has 2 rings (SSSR count). The maximum Gasteiger partial charge on any atom is 0.501 e. The van der Waals surface area contributed by atoms with Gasteiger partial charge in [0.2, 0.25) is 6.33 Å². The Morgan fingerprint density at radius 2 is 1.78 bits per heavy atom. The normalized spacial score (nSPS) is 17.0. The van der Waals surface area contributed by atoms with Crippen LogP contribution >= 0.6 is 0 Å². The van der Waals surface area contributed by atoms with E-state index in [-0.39, 0.29) is 5.52 Å². The molecule has 27 heavy (non-hydrogen) atoms. The first kappa shape index (κ1) is 21.6. The lowest BCUT2D eigenvalue weighted by Crippen LogP contribution is -2.45. The minimum atomic E-state index is -5.48. The molecule has 1 aromatic carbocycles. The molecule has 2 aromatic rings. The van der Waals surface area contributed by atoms with Crippen molar-refractivity contribution in [3.8, 4) is 0 Å². The molecule has 3 atom stereocenters. The number of aromatic nitrogens is 2. The monoisotopic (exact) mass is 429 g/mol. The van der Waals surface area contributed by atoms with E-state index in [4.69, 9.17) is 0 Å². The van der Waals surface area contributed by atoms with E-state index in [1.165, 1.54) is 19.3 Å². The fraction of sp³-hybridized carbons (Fsp3) is 0.533. The van der Waals surface area contributed by atoms with Crippen LogP contribution in [0.25, 0.3) is 11.0 Å². The predicted octanol–water partition coefficient (Wildman–Crippen LogP) is 2.61. The van der Waals surface area contributed by atoms with E-state index >= 15 is 0 Å². The molecule has 152 valence electrons. The van der Waals surface area contributed by atoms with Crippen molar-refractivity contribution in [1.82, 2.24) is 4.98 Å². The third-order valence-corrected chi connectivity index (χ3v) is 7.67. The van der Waals surface area contributed by atoms with Crippen molar-refractivity contribution in [3.05, 3.63) is 24.5 Å². The van der Waals surface area contributed by atoms with Crippen LogP contribution in [-0.4, -0.2) is 37.1 Å². The van der Waals surface area contributed by atoms with E-state index < -0.39 is 47.6 Å². The van der Waals surface area contributed by atoms with Crippen LogP contribution in [0.2, 0.25) is 0 Å². The Morgan fingerprint density at radius 1 is 1.19 bits per heavy atom. The molecule has 12 heteroatoms. The van der Waals surface area contributed by atoms with Crippen molar-refractivity contribution >= 4 is 31.0 Å². The van der Waals surface area contributed by atoms with Crippen LogP contribution in [-0.2, 0) is 20.0 Å². The summed E-state index contributed by atoms with van der Waals surface area (Å²) < 4.78 is 95.1. The lowest BCUT2D eigenvalue weighted by atomic mass is 9.96. The number of fused-ring (bicyclic) bond motifs is 1. The number of nitrogens with one attached hydrogen (secondary N) is 1. The number of H-pyrrole nitrogens is 1. The minimum Gasteiger partial charge on any atom is -0.285 e. The molecule has 0 fully saturated rings. The van der Waals surface area contributed by atoms with Crippen LogP contribution < -0.4 is 4.57 Å². The summed E-state index contributed by atoms with van der Waals surface area (Å²) in [6, 6.07) is 2.58. The maximum atomic E-state index is 12.7. The van der Waals surface area contributed by atoms with Gasteiger partial charge < -0.3 is 0 Å². The van der Waals surface area contributed by atoms with E-state index in [9.17, 15) is 34.6 Å². The molecule has 0 spiro atoms. The van der Waals surface area contributed by atoms with Gasteiger partial charge >= 0.3 is 5.51 Å². The van der Waals surface area contributed by atoms with Gasteiger partial charge in [-0.1, -0.05) is 13.8 Å². The zero-order valence-electron chi connectivity index (χ0n) is 14.7. The van der Waals surface area contributed by atoms with E-state index in [0.29, 0.717) is 11.9 Å². The molecular formula is C15H20F3N2O5S2+. The Kier molecular flexibility index (Phi) is 5.66. The molecule has 7 nitrogen and oxygen atoms in total. The van der Waals surface area contributed by atoms with Crippen LogP contribution in [0.1, 0.15) is 33.2 Å². The molecule has 0 bridgehead atoms. The highest BCUT2D eigenvalue weighted by Crippen LogP contribution is 2.32. The van der Waals surface area contributed by atoms with Gasteiger partial charge in [0, 0.05) is 12.0 Å². The van der Waals surface area contributed by atoms with Crippen LogP contribution in [0.3, 0.4) is 0 Å². The molecule has 0 aliphatic rings. The summed E-state index contributed by atoms with van der Waals surface area (Å²) in [5.41, 5.74) is -4.84. The summed E-state index contributed by atoms with van der Waals surface area (Å²) >= 11 is 0. The van der Waals surface area contributed by atoms with Crippen LogP contribution in [0.15, 0.2) is 29.4 Å². The van der Waals surface area contributed by atoms with Crippen LogP contribution in [0, 0.1) is 5.92 Å². The third kappa shape index (κ3) is 3.97. The maximum absolute atomic E-state index is 12.7. The number of hydrogen-bond donors (Lipinski definition) is 2. The second-order valence-electron chi connectivity index (χ2n) is 6.36. The molecule has 0 aliphatic carbocycles. The average molecular weight is 429 g/mol. The van der Waals surface area contributed by atoms with Crippen molar-refractivity contribution < 1.29 is 39.1 Å². The Morgan fingerprint density at radius 3 is 2.26 bits per heavy atom. The first-order valence-corrected chi connectivity index (χ1v) is 11.0. The van der Waals surface area contributed by atoms with E-state index in [1.807, 2.05) is 0 Å². The first-order valence-electron chi connectivity index (χ1n) is 8.01. The Labute approximate surface area is 154 Å². The third-order valence-electron chi connectivity index (χ3n) is 4.81. The summed E-state index contributed by atoms with van der Waals surface area (Å²) in [6.07, 6.45) is 1.91. The molecule has 2 N–H and O–H groups in total. The molecule has 0 saturated heterocycles. The lowest BCUT2D eigenvalue weighted by molar-refractivity contribution is -0.705. The summed E-state index contributed by atoms with van der Waals surface area (Å²) in [6.45, 7) is 4.80. The minimum absolute atomic E-state index is 0.158. The second-order valence-corrected chi connectivity index (χ2v) is 10.1. The number of nitrogens with zero attached hydrogens (tertiary/aromatic N) is 1. The highest BCUT2D eigenvalue weighted by atomic mass is 32.2. The molecule has 3 unspecified atom stereocenters. The standard InChI is InChI=1S/C15H19F3N2O5S2/c1-4-13(9(2)10(3)27(23,24)25)20-8-19-12-7-11(5-6-14(12)20)26(21,22)15(16,17)18/h5-10,13H,4H2,1-3H3,(H,23,24,25)/p+1. The fourth-order valence-electron chi connectivity index (χ4n) is 3.05. The summed E-state index contributed by atoms with van der Waals surface area (Å²) in [4.78, 5) is 1.83. The van der Waals surface area contributed by atoms with Gasteiger partial charge in [0.25, 0.3) is 20.0 Å². The van der Waals surface area contributed by atoms with E-state index in [1.54, 1.807) is 18.4 Å². The van der Waals surface area contributed by atoms with Crippen molar-refractivity contribution in [2.75, 3.05) is 0 Å². The van der Waals surface area contributed by atoms with Gasteiger partial charge in [0.15, 0.2) is 11.0 Å². The van der Waals surface area contributed by atoms with Gasteiger partial charge in [-0.3, -0.25) is 4.55 Å². The number of alkyl halides is 3. The Balaban J connectivity index is 2.53. The van der Waals surface area contributed by atoms with Gasteiger partial charge in [0.1, 0.15) is 6.04 Å². The van der Waals surface area contributed by atoms with Gasteiger partial charge in [-0.05, 0) is 25.5 Å². The molecule has 0 saturated carbocycles. The van der Waals surface area contributed by atoms with E-state index in [0.717, 1.165) is 12.1 Å². The number of hydrogen-bond acceptors (Lipinski definition) is 4. The van der Waals surface area contributed by atoms with Gasteiger partial charge in [-0.15, -0.1) is 0 Å². The summed E-state index contributed by atoms with van der Waals surface area (Å²) in [5, 5.41) is -1.07.